The summed E-state index contributed by atoms with van der Waals surface area (Å²) in [5, 5.41) is 0. The SMILES string of the molecule is CC(C)Oc1ccc(N2CCC(Oc3ccc([C@H](C)CC(=O)N(C)C)cc3)C2)cc1. The molecule has 2 aromatic rings. The second-order valence-electron chi connectivity index (χ2n) is 8.60. The van der Waals surface area contributed by atoms with Gasteiger partial charge >= 0.3 is 0 Å². The maximum Gasteiger partial charge on any atom is 0.222 e. The number of carbonyl (C=O) groups excluding carboxylic acids is 1. The lowest BCUT2D eigenvalue weighted by Gasteiger charge is -2.20. The minimum Gasteiger partial charge on any atom is -0.491 e. The monoisotopic (exact) mass is 410 g/mol. The van der Waals surface area contributed by atoms with E-state index in [9.17, 15) is 4.79 Å². The highest BCUT2D eigenvalue weighted by molar-refractivity contribution is 5.76. The highest BCUT2D eigenvalue weighted by atomic mass is 16.5. The summed E-state index contributed by atoms with van der Waals surface area (Å²) in [5.74, 6) is 2.14. The van der Waals surface area contributed by atoms with Crippen LogP contribution in [0.5, 0.6) is 11.5 Å². The summed E-state index contributed by atoms with van der Waals surface area (Å²) in [4.78, 5) is 15.9. The molecule has 1 aliphatic rings. The van der Waals surface area contributed by atoms with Crippen molar-refractivity contribution >= 4 is 11.6 Å². The van der Waals surface area contributed by atoms with Gasteiger partial charge in [-0.05, 0) is 61.7 Å². The molecule has 162 valence electrons. The summed E-state index contributed by atoms with van der Waals surface area (Å²) >= 11 is 0. The average molecular weight is 411 g/mol. The van der Waals surface area contributed by atoms with E-state index in [1.807, 2.05) is 38.1 Å². The maximum absolute atomic E-state index is 11.9. The number of hydrogen-bond donors (Lipinski definition) is 0. The van der Waals surface area contributed by atoms with Crippen molar-refractivity contribution in [2.75, 3.05) is 32.1 Å². The van der Waals surface area contributed by atoms with E-state index in [4.69, 9.17) is 9.47 Å². The van der Waals surface area contributed by atoms with Gasteiger partial charge in [0.2, 0.25) is 5.91 Å². The molecule has 5 nitrogen and oxygen atoms in total. The van der Waals surface area contributed by atoms with Crippen LogP contribution in [0.15, 0.2) is 48.5 Å². The van der Waals surface area contributed by atoms with Gasteiger partial charge in [-0.3, -0.25) is 4.79 Å². The zero-order valence-corrected chi connectivity index (χ0v) is 18.8. The van der Waals surface area contributed by atoms with E-state index in [0.717, 1.165) is 36.6 Å². The van der Waals surface area contributed by atoms with Gasteiger partial charge in [0.25, 0.3) is 0 Å². The molecule has 0 N–H and O–H groups in total. The first-order chi connectivity index (χ1) is 14.3. The molecule has 1 heterocycles. The van der Waals surface area contributed by atoms with Crippen LogP contribution in [0.2, 0.25) is 0 Å². The van der Waals surface area contributed by atoms with Gasteiger partial charge in [-0.15, -0.1) is 0 Å². The molecule has 30 heavy (non-hydrogen) atoms. The standard InChI is InChI=1S/C25H34N2O3/c1-18(2)29-22-12-8-21(9-13-22)27-15-14-24(17-27)30-23-10-6-20(7-11-23)19(3)16-25(28)26(4)5/h6-13,18-19,24H,14-17H2,1-5H3/t19-,24?/m1/s1. The maximum atomic E-state index is 11.9. The first-order valence-electron chi connectivity index (χ1n) is 10.8. The Balaban J connectivity index is 1.52. The number of hydrogen-bond acceptors (Lipinski definition) is 4. The fraction of sp³-hybridized carbons (Fsp3) is 0.480. The minimum atomic E-state index is 0.151. The first kappa shape index (κ1) is 22.0. The third kappa shape index (κ3) is 5.91. The van der Waals surface area contributed by atoms with Crippen molar-refractivity contribution in [2.24, 2.45) is 0 Å². The Morgan fingerprint density at radius 2 is 1.67 bits per heavy atom. The Hall–Kier alpha value is -2.69. The van der Waals surface area contributed by atoms with E-state index in [2.05, 4.69) is 36.1 Å². The summed E-state index contributed by atoms with van der Waals surface area (Å²) in [7, 11) is 3.59. The van der Waals surface area contributed by atoms with Gasteiger partial charge in [0, 0.05) is 39.2 Å². The molecule has 2 aromatic carbocycles. The third-order valence-electron chi connectivity index (χ3n) is 5.45. The number of amides is 1. The second kappa shape index (κ2) is 9.88. The van der Waals surface area contributed by atoms with Crippen molar-refractivity contribution < 1.29 is 14.3 Å². The van der Waals surface area contributed by atoms with Crippen LogP contribution in [0.1, 0.15) is 45.1 Å². The fourth-order valence-electron chi connectivity index (χ4n) is 3.70. The molecule has 1 unspecified atom stereocenters. The van der Waals surface area contributed by atoms with E-state index < -0.39 is 0 Å². The molecule has 0 aromatic heterocycles. The highest BCUT2D eigenvalue weighted by Gasteiger charge is 2.24. The van der Waals surface area contributed by atoms with Crippen LogP contribution >= 0.6 is 0 Å². The zero-order valence-electron chi connectivity index (χ0n) is 18.8. The van der Waals surface area contributed by atoms with E-state index in [0.29, 0.717) is 6.42 Å². The van der Waals surface area contributed by atoms with Crippen LogP contribution in [0.3, 0.4) is 0 Å². The van der Waals surface area contributed by atoms with Crippen LogP contribution in [0.25, 0.3) is 0 Å². The molecular weight excluding hydrogens is 376 g/mol. The van der Waals surface area contributed by atoms with E-state index >= 15 is 0 Å². The Labute approximate surface area is 180 Å². The van der Waals surface area contributed by atoms with Crippen molar-refractivity contribution in [3.63, 3.8) is 0 Å². The predicted molar refractivity (Wildman–Crippen MR) is 122 cm³/mol. The fourth-order valence-corrected chi connectivity index (χ4v) is 3.70. The number of nitrogens with zero attached hydrogens (tertiary/aromatic N) is 2. The smallest absolute Gasteiger partial charge is 0.222 e. The van der Waals surface area contributed by atoms with Crippen LogP contribution < -0.4 is 14.4 Å². The average Bonchev–Trinajstić information content (AvgIpc) is 3.17. The van der Waals surface area contributed by atoms with Gasteiger partial charge in [0.05, 0.1) is 12.6 Å². The van der Waals surface area contributed by atoms with Gasteiger partial charge in [0.15, 0.2) is 0 Å². The van der Waals surface area contributed by atoms with Crippen molar-refractivity contribution in [3.05, 3.63) is 54.1 Å². The molecule has 0 aliphatic carbocycles. The Morgan fingerprint density at radius 3 is 2.27 bits per heavy atom. The third-order valence-corrected chi connectivity index (χ3v) is 5.45. The summed E-state index contributed by atoms with van der Waals surface area (Å²) in [6.07, 6.45) is 1.88. The normalized spacial score (nSPS) is 17.1. The van der Waals surface area contributed by atoms with Gasteiger partial charge in [0.1, 0.15) is 17.6 Å². The summed E-state index contributed by atoms with van der Waals surface area (Å²) < 4.78 is 11.9. The second-order valence-corrected chi connectivity index (χ2v) is 8.60. The van der Waals surface area contributed by atoms with Crippen molar-refractivity contribution in [1.29, 1.82) is 0 Å². The molecule has 3 rings (SSSR count). The van der Waals surface area contributed by atoms with Gasteiger partial charge in [-0.1, -0.05) is 19.1 Å². The van der Waals surface area contributed by atoms with Gasteiger partial charge < -0.3 is 19.3 Å². The molecule has 0 saturated carbocycles. The number of anilines is 1. The molecule has 0 spiro atoms. The van der Waals surface area contributed by atoms with Crippen LogP contribution in [0.4, 0.5) is 5.69 Å². The van der Waals surface area contributed by atoms with E-state index in [-0.39, 0.29) is 24.0 Å². The van der Waals surface area contributed by atoms with Crippen LogP contribution in [0, 0.1) is 0 Å². The van der Waals surface area contributed by atoms with Crippen LogP contribution in [-0.2, 0) is 4.79 Å². The Kier molecular flexibility index (Phi) is 7.24. The molecular formula is C25H34N2O3. The summed E-state index contributed by atoms with van der Waals surface area (Å²) in [5.41, 5.74) is 2.36. The summed E-state index contributed by atoms with van der Waals surface area (Å²) in [6, 6.07) is 16.5. The van der Waals surface area contributed by atoms with Crippen molar-refractivity contribution in [3.8, 4) is 11.5 Å². The molecule has 1 saturated heterocycles. The highest BCUT2D eigenvalue weighted by Crippen LogP contribution is 2.27. The first-order valence-corrected chi connectivity index (χ1v) is 10.8. The Morgan fingerprint density at radius 1 is 1.03 bits per heavy atom. The van der Waals surface area contributed by atoms with Gasteiger partial charge in [-0.25, -0.2) is 0 Å². The summed E-state index contributed by atoms with van der Waals surface area (Å²) in [6.45, 7) is 8.01. The largest absolute Gasteiger partial charge is 0.491 e. The van der Waals surface area contributed by atoms with Crippen LogP contribution in [-0.4, -0.2) is 50.2 Å². The number of carbonyl (C=O) groups is 1. The lowest BCUT2D eigenvalue weighted by Crippen LogP contribution is -2.24. The lowest BCUT2D eigenvalue weighted by molar-refractivity contribution is -0.129. The predicted octanol–water partition coefficient (Wildman–Crippen LogP) is 4.71. The number of ether oxygens (including phenoxy) is 2. The molecule has 1 aliphatic heterocycles. The van der Waals surface area contributed by atoms with E-state index in [1.165, 1.54) is 5.69 Å². The molecule has 1 amide bonds. The molecule has 5 heteroatoms. The van der Waals surface area contributed by atoms with Crippen molar-refractivity contribution in [1.82, 2.24) is 4.90 Å². The van der Waals surface area contributed by atoms with Gasteiger partial charge in [-0.2, -0.15) is 0 Å². The molecule has 0 radical (unpaired) electrons. The molecule has 0 bridgehead atoms. The van der Waals surface area contributed by atoms with Crippen molar-refractivity contribution in [2.45, 2.75) is 51.7 Å². The lowest BCUT2D eigenvalue weighted by atomic mass is 9.97. The quantitative estimate of drug-likeness (QED) is 0.632. The van der Waals surface area contributed by atoms with E-state index in [1.54, 1.807) is 19.0 Å². The Bertz CT molecular complexity index is 815. The topological polar surface area (TPSA) is 42.0 Å². The number of rotatable bonds is 8. The number of benzene rings is 2. The minimum absolute atomic E-state index is 0.151. The molecule has 2 atom stereocenters. The zero-order chi connectivity index (χ0) is 21.7. The molecule has 1 fully saturated rings.